The normalized spacial score (nSPS) is 19.7. The number of carboxylic acids is 1. The van der Waals surface area contributed by atoms with E-state index in [0.29, 0.717) is 12.8 Å². The standard InChI is InChI=1S/C15H20FNO5S/c1-10(2)22-13-7-6-11(16)9-14(13)23(20,21)17-8-4-3-5-12(17)15(18)19/h6-7,9-10,12H,3-5,8H2,1-2H3,(H,18,19). The summed E-state index contributed by atoms with van der Waals surface area (Å²) >= 11 is 0. The summed E-state index contributed by atoms with van der Waals surface area (Å²) in [6.07, 6.45) is 1.15. The first-order valence-corrected chi connectivity index (χ1v) is 8.88. The minimum absolute atomic E-state index is 0.0242. The number of benzene rings is 1. The summed E-state index contributed by atoms with van der Waals surface area (Å²) in [5.74, 6) is -1.89. The van der Waals surface area contributed by atoms with Gasteiger partial charge in [0.25, 0.3) is 0 Å². The Morgan fingerprint density at radius 2 is 2.09 bits per heavy atom. The van der Waals surface area contributed by atoms with Crippen molar-refractivity contribution >= 4 is 16.0 Å². The molecule has 0 aliphatic carbocycles. The largest absolute Gasteiger partial charge is 0.490 e. The molecule has 0 saturated carbocycles. The fourth-order valence-corrected chi connectivity index (χ4v) is 4.39. The van der Waals surface area contributed by atoms with Gasteiger partial charge < -0.3 is 9.84 Å². The third-order valence-corrected chi connectivity index (χ3v) is 5.52. The van der Waals surface area contributed by atoms with Gasteiger partial charge in [0.05, 0.1) is 6.10 Å². The maximum Gasteiger partial charge on any atom is 0.322 e. The summed E-state index contributed by atoms with van der Waals surface area (Å²) in [6, 6.07) is 2.10. The van der Waals surface area contributed by atoms with Crippen molar-refractivity contribution in [3.8, 4) is 5.75 Å². The third-order valence-electron chi connectivity index (χ3n) is 3.59. The molecule has 6 nitrogen and oxygen atoms in total. The lowest BCUT2D eigenvalue weighted by Crippen LogP contribution is -2.47. The minimum Gasteiger partial charge on any atom is -0.490 e. The number of carboxylic acid groups (broad SMARTS) is 1. The molecule has 1 aliphatic heterocycles. The number of carbonyl (C=O) groups is 1. The van der Waals surface area contributed by atoms with Crippen LogP contribution in [0.2, 0.25) is 0 Å². The molecular formula is C15H20FNO5S. The van der Waals surface area contributed by atoms with Crippen molar-refractivity contribution in [2.75, 3.05) is 6.54 Å². The number of ether oxygens (including phenoxy) is 1. The van der Waals surface area contributed by atoms with Gasteiger partial charge in [0.15, 0.2) is 0 Å². The summed E-state index contributed by atoms with van der Waals surface area (Å²) in [7, 11) is -4.17. The molecule has 23 heavy (non-hydrogen) atoms. The molecule has 1 N–H and O–H groups in total. The molecule has 128 valence electrons. The molecule has 1 aliphatic rings. The second-order valence-electron chi connectivity index (χ2n) is 5.72. The molecule has 1 unspecified atom stereocenters. The number of nitrogens with zero attached hydrogens (tertiary/aromatic N) is 1. The van der Waals surface area contributed by atoms with Crippen molar-refractivity contribution in [3.05, 3.63) is 24.0 Å². The van der Waals surface area contributed by atoms with E-state index in [-0.39, 0.29) is 29.7 Å². The van der Waals surface area contributed by atoms with Crippen LogP contribution in [0, 0.1) is 5.82 Å². The highest BCUT2D eigenvalue weighted by Gasteiger charge is 2.39. The van der Waals surface area contributed by atoms with E-state index in [1.165, 1.54) is 6.07 Å². The van der Waals surface area contributed by atoms with E-state index >= 15 is 0 Å². The van der Waals surface area contributed by atoms with Gasteiger partial charge in [-0.05, 0) is 51.3 Å². The van der Waals surface area contributed by atoms with Crippen molar-refractivity contribution < 1.29 is 27.4 Å². The predicted molar refractivity (Wildman–Crippen MR) is 81.3 cm³/mol. The Kier molecular flexibility index (Phi) is 5.26. The molecular weight excluding hydrogens is 325 g/mol. The Balaban J connectivity index is 2.49. The van der Waals surface area contributed by atoms with Crippen molar-refractivity contribution in [2.24, 2.45) is 0 Å². The monoisotopic (exact) mass is 345 g/mol. The molecule has 0 aromatic heterocycles. The Morgan fingerprint density at radius 3 is 2.70 bits per heavy atom. The first-order valence-electron chi connectivity index (χ1n) is 7.44. The third kappa shape index (κ3) is 3.81. The van der Waals surface area contributed by atoms with Crippen LogP contribution in [0.15, 0.2) is 23.1 Å². The Bertz CT molecular complexity index is 689. The highest BCUT2D eigenvalue weighted by atomic mass is 32.2. The van der Waals surface area contributed by atoms with Gasteiger partial charge in [0.1, 0.15) is 22.5 Å². The zero-order chi connectivity index (χ0) is 17.2. The lowest BCUT2D eigenvalue weighted by Gasteiger charge is -2.32. The first-order chi connectivity index (χ1) is 10.7. The van der Waals surface area contributed by atoms with E-state index < -0.39 is 27.9 Å². The summed E-state index contributed by atoms with van der Waals surface area (Å²) < 4.78 is 45.7. The number of rotatable bonds is 5. The molecule has 1 aromatic rings. The zero-order valence-corrected chi connectivity index (χ0v) is 13.8. The molecule has 0 amide bonds. The average Bonchev–Trinajstić information content (AvgIpc) is 2.48. The number of sulfonamides is 1. The fourth-order valence-electron chi connectivity index (χ4n) is 2.60. The van der Waals surface area contributed by atoms with E-state index in [2.05, 4.69) is 0 Å². The van der Waals surface area contributed by atoms with Crippen molar-refractivity contribution in [2.45, 2.75) is 50.2 Å². The minimum atomic E-state index is -4.17. The first kappa shape index (κ1) is 17.7. The summed E-state index contributed by atoms with van der Waals surface area (Å²) in [6.45, 7) is 3.54. The molecule has 1 atom stereocenters. The highest BCUT2D eigenvalue weighted by Crippen LogP contribution is 2.32. The lowest BCUT2D eigenvalue weighted by molar-refractivity contribution is -0.142. The SMILES string of the molecule is CC(C)Oc1ccc(F)cc1S(=O)(=O)N1CCCCC1C(=O)O. The molecule has 0 bridgehead atoms. The van der Waals surface area contributed by atoms with Gasteiger partial charge in [0, 0.05) is 6.54 Å². The second kappa shape index (κ2) is 6.84. The van der Waals surface area contributed by atoms with Crippen LogP contribution in [-0.4, -0.2) is 42.5 Å². The molecule has 0 radical (unpaired) electrons. The average molecular weight is 345 g/mol. The van der Waals surface area contributed by atoms with Gasteiger partial charge in [-0.2, -0.15) is 4.31 Å². The second-order valence-corrected chi connectivity index (χ2v) is 7.58. The molecule has 2 rings (SSSR count). The lowest BCUT2D eigenvalue weighted by atomic mass is 10.1. The van der Waals surface area contributed by atoms with Crippen LogP contribution in [0.3, 0.4) is 0 Å². The van der Waals surface area contributed by atoms with Crippen LogP contribution < -0.4 is 4.74 Å². The zero-order valence-electron chi connectivity index (χ0n) is 13.0. The maximum absolute atomic E-state index is 13.6. The number of piperidine rings is 1. The summed E-state index contributed by atoms with van der Waals surface area (Å²) in [5, 5.41) is 9.28. The van der Waals surface area contributed by atoms with Crippen LogP contribution in [0.5, 0.6) is 5.75 Å². The smallest absolute Gasteiger partial charge is 0.322 e. The van der Waals surface area contributed by atoms with Crippen LogP contribution in [-0.2, 0) is 14.8 Å². The van der Waals surface area contributed by atoms with E-state index in [9.17, 15) is 22.7 Å². The van der Waals surface area contributed by atoms with Crippen molar-refractivity contribution in [1.82, 2.24) is 4.31 Å². The molecule has 1 aromatic carbocycles. The van der Waals surface area contributed by atoms with E-state index in [4.69, 9.17) is 4.74 Å². The maximum atomic E-state index is 13.6. The Morgan fingerprint density at radius 1 is 1.39 bits per heavy atom. The number of hydrogen-bond acceptors (Lipinski definition) is 4. The predicted octanol–water partition coefficient (Wildman–Crippen LogP) is 2.24. The number of hydrogen-bond donors (Lipinski definition) is 1. The number of halogens is 1. The Hall–Kier alpha value is -1.67. The van der Waals surface area contributed by atoms with E-state index in [0.717, 1.165) is 16.4 Å². The highest BCUT2D eigenvalue weighted by molar-refractivity contribution is 7.89. The number of aliphatic carboxylic acids is 1. The summed E-state index contributed by atoms with van der Waals surface area (Å²) in [5.41, 5.74) is 0. The van der Waals surface area contributed by atoms with Crippen molar-refractivity contribution in [1.29, 1.82) is 0 Å². The molecule has 1 heterocycles. The van der Waals surface area contributed by atoms with Gasteiger partial charge in [-0.15, -0.1) is 0 Å². The fraction of sp³-hybridized carbons (Fsp3) is 0.533. The summed E-state index contributed by atoms with van der Waals surface area (Å²) in [4.78, 5) is 11.0. The molecule has 0 spiro atoms. The van der Waals surface area contributed by atoms with Crippen LogP contribution in [0.25, 0.3) is 0 Å². The van der Waals surface area contributed by atoms with Gasteiger partial charge in [-0.3, -0.25) is 4.79 Å². The molecule has 1 saturated heterocycles. The topological polar surface area (TPSA) is 83.9 Å². The molecule has 8 heteroatoms. The van der Waals surface area contributed by atoms with E-state index in [1.807, 2.05) is 0 Å². The molecule has 1 fully saturated rings. The van der Waals surface area contributed by atoms with Crippen molar-refractivity contribution in [3.63, 3.8) is 0 Å². The van der Waals surface area contributed by atoms with Crippen LogP contribution in [0.4, 0.5) is 4.39 Å². The van der Waals surface area contributed by atoms with Gasteiger partial charge in [-0.1, -0.05) is 0 Å². The van der Waals surface area contributed by atoms with E-state index in [1.54, 1.807) is 13.8 Å². The van der Waals surface area contributed by atoms with Gasteiger partial charge in [0.2, 0.25) is 10.0 Å². The van der Waals surface area contributed by atoms with Crippen LogP contribution in [0.1, 0.15) is 33.1 Å². The quantitative estimate of drug-likeness (QED) is 0.885. The van der Waals surface area contributed by atoms with Crippen LogP contribution >= 0.6 is 0 Å². The Labute approximate surface area is 134 Å². The van der Waals surface area contributed by atoms with Gasteiger partial charge in [-0.25, -0.2) is 12.8 Å². The van der Waals surface area contributed by atoms with Gasteiger partial charge >= 0.3 is 5.97 Å².